The fraction of sp³-hybridized carbons (Fsp3) is 0.400. The first-order valence-corrected chi connectivity index (χ1v) is 11.6. The van der Waals surface area contributed by atoms with E-state index in [0.717, 1.165) is 6.42 Å². The number of aryl methyl sites for hydroxylation is 2. The lowest BCUT2D eigenvalue weighted by Crippen LogP contribution is -2.32. The van der Waals surface area contributed by atoms with Crippen molar-refractivity contribution >= 4 is 16.8 Å². The summed E-state index contributed by atoms with van der Waals surface area (Å²) in [5, 5.41) is 3.52. The van der Waals surface area contributed by atoms with Crippen molar-refractivity contribution in [3.63, 3.8) is 0 Å². The second kappa shape index (κ2) is 6.48. The van der Waals surface area contributed by atoms with Crippen LogP contribution in [0.25, 0.3) is 11.1 Å². The van der Waals surface area contributed by atoms with Gasteiger partial charge in [-0.15, -0.1) is 0 Å². The molecule has 1 N–H and O–H groups in total. The third-order valence-electron chi connectivity index (χ3n) is 8.36. The summed E-state index contributed by atoms with van der Waals surface area (Å²) in [6.07, 6.45) is 8.27. The summed E-state index contributed by atoms with van der Waals surface area (Å²) in [5.74, 6) is 0.455. The number of fused-ring (bicyclic) bond motifs is 2. The highest BCUT2D eigenvalue weighted by molar-refractivity contribution is 5.94. The van der Waals surface area contributed by atoms with Crippen molar-refractivity contribution in [2.75, 3.05) is 12.4 Å². The molecule has 0 saturated heterocycles. The molecule has 1 heteroatoms. The van der Waals surface area contributed by atoms with Crippen molar-refractivity contribution in [3.05, 3.63) is 87.0 Å². The van der Waals surface area contributed by atoms with Gasteiger partial charge in [-0.25, -0.2) is 0 Å². The van der Waals surface area contributed by atoms with Gasteiger partial charge in [-0.2, -0.15) is 0 Å². The van der Waals surface area contributed by atoms with E-state index in [4.69, 9.17) is 0 Å². The van der Waals surface area contributed by atoms with Gasteiger partial charge >= 0.3 is 0 Å². The topological polar surface area (TPSA) is 12.0 Å². The molecule has 0 radical (unpaired) electrons. The Balaban J connectivity index is 1.65. The van der Waals surface area contributed by atoms with E-state index in [2.05, 4.69) is 103 Å². The Morgan fingerprint density at radius 1 is 0.935 bits per heavy atom. The zero-order valence-corrected chi connectivity index (χ0v) is 20.3. The van der Waals surface area contributed by atoms with Crippen LogP contribution in [-0.4, -0.2) is 7.05 Å². The summed E-state index contributed by atoms with van der Waals surface area (Å²) in [6.45, 7) is 16.3. The van der Waals surface area contributed by atoms with Gasteiger partial charge in [0.2, 0.25) is 0 Å². The molecule has 3 aliphatic carbocycles. The molecular formula is C30H35N. The lowest BCUT2D eigenvalue weighted by Gasteiger charge is -2.46. The van der Waals surface area contributed by atoms with Crippen molar-refractivity contribution in [1.82, 2.24) is 0 Å². The van der Waals surface area contributed by atoms with Crippen LogP contribution >= 0.6 is 0 Å². The minimum atomic E-state index is 0.0989. The predicted molar refractivity (Wildman–Crippen MR) is 135 cm³/mol. The highest BCUT2D eigenvalue weighted by Crippen LogP contribution is 2.59. The van der Waals surface area contributed by atoms with Gasteiger partial charge < -0.3 is 5.32 Å². The van der Waals surface area contributed by atoms with E-state index in [1.54, 1.807) is 5.57 Å². The van der Waals surface area contributed by atoms with Crippen molar-refractivity contribution < 1.29 is 0 Å². The van der Waals surface area contributed by atoms with Crippen molar-refractivity contribution in [1.29, 1.82) is 0 Å². The van der Waals surface area contributed by atoms with Crippen LogP contribution in [0.1, 0.15) is 79.0 Å². The van der Waals surface area contributed by atoms with E-state index in [0.29, 0.717) is 5.92 Å². The molecular weight excluding hydrogens is 374 g/mol. The Hall–Kier alpha value is -2.54. The fourth-order valence-electron chi connectivity index (χ4n) is 6.25. The summed E-state index contributed by atoms with van der Waals surface area (Å²) in [4.78, 5) is 0. The quantitative estimate of drug-likeness (QED) is 0.544. The maximum Gasteiger partial charge on any atom is 0.0417 e. The highest BCUT2D eigenvalue weighted by Gasteiger charge is 2.45. The number of rotatable bonds is 3. The third kappa shape index (κ3) is 2.68. The molecule has 5 rings (SSSR count). The standard InChI is InChI=1S/C30H35N/c1-17-12-18(2)19(3)21(13-17)25-15-26(30(25,6)7)23-14-22-20-10-9-11-24(20)29(4,5)27(22)16-28(23)31-8/h9-10,12-16,25,31H,11H2,1-8H3. The number of hydrogen-bond acceptors (Lipinski definition) is 1. The van der Waals surface area contributed by atoms with E-state index in [1.165, 1.54) is 55.8 Å². The first-order chi connectivity index (χ1) is 14.6. The minimum Gasteiger partial charge on any atom is -0.388 e. The molecule has 1 unspecified atom stereocenters. The second-order valence-electron chi connectivity index (χ2n) is 10.9. The molecule has 3 aliphatic rings. The molecule has 0 aliphatic heterocycles. The number of hydrogen-bond donors (Lipinski definition) is 1. The first kappa shape index (κ1) is 20.4. The third-order valence-corrected chi connectivity index (χ3v) is 8.36. The number of nitrogens with one attached hydrogen (secondary N) is 1. The maximum atomic E-state index is 3.52. The van der Waals surface area contributed by atoms with E-state index >= 15 is 0 Å². The molecule has 0 amide bonds. The molecule has 160 valence electrons. The molecule has 2 aromatic rings. The Labute approximate surface area is 188 Å². The van der Waals surface area contributed by atoms with Gasteiger partial charge in [0.15, 0.2) is 0 Å². The van der Waals surface area contributed by atoms with Crippen LogP contribution in [0.5, 0.6) is 0 Å². The normalized spacial score (nSPS) is 22.2. The van der Waals surface area contributed by atoms with Gasteiger partial charge in [-0.1, -0.05) is 63.6 Å². The Morgan fingerprint density at radius 2 is 1.68 bits per heavy atom. The van der Waals surface area contributed by atoms with Gasteiger partial charge in [0.1, 0.15) is 0 Å². The lowest BCUT2D eigenvalue weighted by molar-refractivity contribution is 0.402. The number of benzene rings is 2. The Morgan fingerprint density at radius 3 is 2.35 bits per heavy atom. The molecule has 1 nitrogen and oxygen atoms in total. The monoisotopic (exact) mass is 409 g/mol. The predicted octanol–water partition coefficient (Wildman–Crippen LogP) is 7.87. The van der Waals surface area contributed by atoms with Crippen molar-refractivity contribution in [3.8, 4) is 0 Å². The molecule has 0 fully saturated rings. The van der Waals surface area contributed by atoms with Crippen LogP contribution in [0.4, 0.5) is 5.69 Å². The molecule has 0 aromatic heterocycles. The summed E-state index contributed by atoms with van der Waals surface area (Å²) in [7, 11) is 2.06. The molecule has 0 heterocycles. The van der Waals surface area contributed by atoms with E-state index < -0.39 is 0 Å². The minimum absolute atomic E-state index is 0.0989. The van der Waals surface area contributed by atoms with Crippen LogP contribution < -0.4 is 5.32 Å². The SMILES string of the molecule is CNc1cc2c(cc1C1=CC(c3cc(C)cc(C)c3C)C1(C)C)C1=C(CC=C1)C2(C)C. The summed E-state index contributed by atoms with van der Waals surface area (Å²) in [5.41, 5.74) is 15.9. The maximum absolute atomic E-state index is 3.52. The average molecular weight is 410 g/mol. The molecule has 0 saturated carbocycles. The first-order valence-electron chi connectivity index (χ1n) is 11.6. The number of anilines is 1. The van der Waals surface area contributed by atoms with Crippen LogP contribution in [0.3, 0.4) is 0 Å². The molecule has 0 bridgehead atoms. The summed E-state index contributed by atoms with van der Waals surface area (Å²) < 4.78 is 0. The van der Waals surface area contributed by atoms with Crippen LogP contribution in [0.2, 0.25) is 0 Å². The molecule has 2 aromatic carbocycles. The van der Waals surface area contributed by atoms with Gasteiger partial charge in [-0.3, -0.25) is 0 Å². The van der Waals surface area contributed by atoms with Crippen molar-refractivity contribution in [2.45, 2.75) is 66.2 Å². The second-order valence-corrected chi connectivity index (χ2v) is 10.9. The van der Waals surface area contributed by atoms with E-state index in [1.807, 2.05) is 0 Å². The molecule has 31 heavy (non-hydrogen) atoms. The van der Waals surface area contributed by atoms with E-state index in [-0.39, 0.29) is 10.8 Å². The lowest BCUT2D eigenvalue weighted by atomic mass is 9.58. The van der Waals surface area contributed by atoms with Crippen LogP contribution in [0, 0.1) is 26.2 Å². The Kier molecular flexibility index (Phi) is 4.26. The fourth-order valence-corrected chi connectivity index (χ4v) is 6.25. The highest BCUT2D eigenvalue weighted by atomic mass is 14.8. The van der Waals surface area contributed by atoms with Crippen LogP contribution in [-0.2, 0) is 5.41 Å². The van der Waals surface area contributed by atoms with Crippen LogP contribution in [0.15, 0.2) is 48.1 Å². The van der Waals surface area contributed by atoms with Gasteiger partial charge in [0.25, 0.3) is 0 Å². The summed E-state index contributed by atoms with van der Waals surface area (Å²) >= 11 is 0. The Bertz CT molecular complexity index is 1210. The zero-order chi connectivity index (χ0) is 22.3. The largest absolute Gasteiger partial charge is 0.388 e. The number of allylic oxidation sites excluding steroid dienone is 6. The van der Waals surface area contributed by atoms with E-state index in [9.17, 15) is 0 Å². The molecule has 1 atom stereocenters. The smallest absolute Gasteiger partial charge is 0.0417 e. The van der Waals surface area contributed by atoms with Gasteiger partial charge in [0, 0.05) is 35.0 Å². The molecule has 0 spiro atoms. The summed E-state index contributed by atoms with van der Waals surface area (Å²) in [6, 6.07) is 9.59. The van der Waals surface area contributed by atoms with Gasteiger partial charge in [-0.05, 0) is 83.9 Å². The average Bonchev–Trinajstić information content (AvgIpc) is 3.27. The van der Waals surface area contributed by atoms with Gasteiger partial charge in [0.05, 0.1) is 0 Å². The van der Waals surface area contributed by atoms with Crippen molar-refractivity contribution in [2.24, 2.45) is 5.41 Å². The zero-order valence-electron chi connectivity index (χ0n) is 20.3.